The van der Waals surface area contributed by atoms with Gasteiger partial charge in [-0.1, -0.05) is 12.1 Å². The summed E-state index contributed by atoms with van der Waals surface area (Å²) in [7, 11) is -3.96. The van der Waals surface area contributed by atoms with Crippen LogP contribution in [-0.4, -0.2) is 58.4 Å². The molecule has 32 heavy (non-hydrogen) atoms. The molecule has 1 aromatic rings. The van der Waals surface area contributed by atoms with Gasteiger partial charge in [0.15, 0.2) is 4.91 Å². The van der Waals surface area contributed by atoms with Crippen molar-refractivity contribution in [2.45, 2.75) is 30.2 Å². The second kappa shape index (κ2) is 8.83. The molecule has 5 nitrogen and oxygen atoms in total. The highest BCUT2D eigenvalue weighted by Gasteiger charge is 2.85. The van der Waals surface area contributed by atoms with Crippen molar-refractivity contribution >= 4 is 27.6 Å². The molecular weight excluding hydrogens is 485 g/mol. The van der Waals surface area contributed by atoms with Crippen LogP contribution in [0.15, 0.2) is 29.2 Å². The number of halogens is 9. The molecule has 1 rings (SSSR count). The largest absolute Gasteiger partial charge is 0.462 e. The number of alkyl halides is 9. The number of esters is 1. The van der Waals surface area contributed by atoms with Crippen LogP contribution < -0.4 is 4.90 Å². The van der Waals surface area contributed by atoms with Gasteiger partial charge in [0.05, 0.1) is 6.61 Å². The van der Waals surface area contributed by atoms with Crippen molar-refractivity contribution < 1.29 is 57.5 Å². The van der Waals surface area contributed by atoms with E-state index in [1.165, 1.54) is 12.1 Å². The van der Waals surface area contributed by atoms with Crippen LogP contribution in [0.4, 0.5) is 45.2 Å². The smallest absolute Gasteiger partial charge is 0.460 e. The van der Waals surface area contributed by atoms with Crippen molar-refractivity contribution in [2.75, 3.05) is 25.6 Å². The molecule has 0 radical (unpaired) electrons. The Morgan fingerprint density at radius 2 is 1.41 bits per heavy atom. The van der Waals surface area contributed by atoms with E-state index in [-0.39, 0.29) is 11.6 Å². The summed E-state index contributed by atoms with van der Waals surface area (Å²) in [6.07, 6.45) is -7.13. The highest BCUT2D eigenvalue weighted by molar-refractivity contribution is 7.97. The average molecular weight is 501 g/mol. The molecular formula is C17H16F9NO4S. The number of carbonyl (C=O) groups excluding carboxylic acids is 1. The van der Waals surface area contributed by atoms with Gasteiger partial charge < -0.3 is 9.64 Å². The first-order valence-corrected chi connectivity index (χ1v) is 9.85. The first-order chi connectivity index (χ1) is 14.3. The molecule has 0 heterocycles. The third kappa shape index (κ3) is 4.66. The van der Waals surface area contributed by atoms with Gasteiger partial charge in [0.25, 0.3) is 9.84 Å². The van der Waals surface area contributed by atoms with Gasteiger partial charge in [-0.05, 0) is 30.7 Å². The fourth-order valence-electron chi connectivity index (χ4n) is 2.14. The van der Waals surface area contributed by atoms with Gasteiger partial charge in [0, 0.05) is 19.8 Å². The maximum atomic E-state index is 14.2. The minimum atomic E-state index is -7.47. The summed E-state index contributed by atoms with van der Waals surface area (Å²) < 4.78 is 147. The molecule has 0 saturated heterocycles. The standard InChI is InChI=1S/C17H16F9NO4S/c1-4-31-13(28)12(9-10-5-7-11(8-6-10)27(2)3)32(29,30)17(25,26)15(20,21)14(18,19)16(22,23)24/h5-9H,4H2,1-3H3/b12-9+. The van der Waals surface area contributed by atoms with E-state index >= 15 is 0 Å². The van der Waals surface area contributed by atoms with Crippen molar-refractivity contribution in [1.29, 1.82) is 0 Å². The molecule has 15 heteroatoms. The Morgan fingerprint density at radius 1 is 0.938 bits per heavy atom. The minimum Gasteiger partial charge on any atom is -0.462 e. The summed E-state index contributed by atoms with van der Waals surface area (Å²) in [5, 5.41) is -7.05. The summed E-state index contributed by atoms with van der Waals surface area (Å²) in [4.78, 5) is 11.2. The van der Waals surface area contributed by atoms with Crippen molar-refractivity contribution in [3.05, 3.63) is 34.7 Å². The van der Waals surface area contributed by atoms with E-state index in [0.717, 1.165) is 19.1 Å². The molecule has 182 valence electrons. The summed E-state index contributed by atoms with van der Waals surface area (Å²) in [6, 6.07) is 4.66. The Balaban J connectivity index is 3.73. The molecule has 0 N–H and O–H groups in total. The Labute approximate surface area is 176 Å². The van der Waals surface area contributed by atoms with Gasteiger partial charge in [-0.3, -0.25) is 0 Å². The molecule has 0 aliphatic rings. The lowest BCUT2D eigenvalue weighted by Gasteiger charge is -2.33. The van der Waals surface area contributed by atoms with E-state index in [1.807, 2.05) is 0 Å². The van der Waals surface area contributed by atoms with Gasteiger partial charge >= 0.3 is 29.2 Å². The highest BCUT2D eigenvalue weighted by Crippen LogP contribution is 2.55. The zero-order chi connectivity index (χ0) is 25.3. The van der Waals surface area contributed by atoms with Crippen LogP contribution in [0.2, 0.25) is 0 Å². The SMILES string of the molecule is CCOC(=O)/C(=C\c1ccc(N(C)C)cc1)S(=O)(=O)C(F)(F)C(F)(F)C(F)(F)C(F)(F)F. The molecule has 0 bridgehead atoms. The maximum Gasteiger partial charge on any atom is 0.460 e. The van der Waals surface area contributed by atoms with Gasteiger partial charge in [-0.2, -0.15) is 39.5 Å². The summed E-state index contributed by atoms with van der Waals surface area (Å²) in [5.41, 5.74) is 0.133. The third-order valence-electron chi connectivity index (χ3n) is 3.93. The number of nitrogens with zero attached hydrogens (tertiary/aromatic N) is 1. The molecule has 1 aromatic carbocycles. The Kier molecular flexibility index (Phi) is 7.61. The molecule has 0 atom stereocenters. The second-order valence-electron chi connectivity index (χ2n) is 6.38. The van der Waals surface area contributed by atoms with Crippen molar-refractivity contribution in [3.63, 3.8) is 0 Å². The monoisotopic (exact) mass is 501 g/mol. The van der Waals surface area contributed by atoms with Crippen LogP contribution in [0.25, 0.3) is 6.08 Å². The summed E-state index contributed by atoms with van der Waals surface area (Å²) in [6.45, 7) is 0.407. The molecule has 0 saturated carbocycles. The molecule has 0 spiro atoms. The zero-order valence-corrected chi connectivity index (χ0v) is 17.3. The van der Waals surface area contributed by atoms with Crippen LogP contribution in [0.3, 0.4) is 0 Å². The number of rotatable bonds is 8. The van der Waals surface area contributed by atoms with E-state index in [9.17, 15) is 52.7 Å². The fourth-order valence-corrected chi connectivity index (χ4v) is 3.45. The lowest BCUT2D eigenvalue weighted by Crippen LogP contribution is -2.63. The summed E-state index contributed by atoms with van der Waals surface area (Å²) in [5.74, 6) is -17.1. The van der Waals surface area contributed by atoms with Crippen LogP contribution in [0.5, 0.6) is 0 Å². The van der Waals surface area contributed by atoms with Crippen molar-refractivity contribution in [2.24, 2.45) is 0 Å². The third-order valence-corrected chi connectivity index (χ3v) is 5.72. The minimum absolute atomic E-state index is 0.0997. The summed E-state index contributed by atoms with van der Waals surface area (Å²) >= 11 is 0. The number of hydrogen-bond acceptors (Lipinski definition) is 5. The number of benzene rings is 1. The van der Waals surface area contributed by atoms with E-state index in [4.69, 9.17) is 0 Å². The molecule has 0 aliphatic heterocycles. The van der Waals surface area contributed by atoms with Gasteiger partial charge in [0.1, 0.15) is 0 Å². The topological polar surface area (TPSA) is 63.7 Å². The number of anilines is 1. The molecule has 0 amide bonds. The lowest BCUT2D eigenvalue weighted by molar-refractivity contribution is -0.382. The van der Waals surface area contributed by atoms with E-state index in [0.29, 0.717) is 5.69 Å². The second-order valence-corrected chi connectivity index (χ2v) is 8.34. The van der Waals surface area contributed by atoms with Gasteiger partial charge in [0.2, 0.25) is 0 Å². The quantitative estimate of drug-likeness (QED) is 0.298. The van der Waals surface area contributed by atoms with Crippen LogP contribution >= 0.6 is 0 Å². The first kappa shape index (κ1) is 27.6. The van der Waals surface area contributed by atoms with Gasteiger partial charge in [-0.25, -0.2) is 13.2 Å². The number of hydrogen-bond donors (Lipinski definition) is 0. The number of carbonyl (C=O) groups is 1. The molecule has 0 aliphatic carbocycles. The molecule has 0 unspecified atom stereocenters. The first-order valence-electron chi connectivity index (χ1n) is 8.36. The molecule has 0 aromatic heterocycles. The van der Waals surface area contributed by atoms with Crippen LogP contribution in [0.1, 0.15) is 12.5 Å². The lowest BCUT2D eigenvalue weighted by atomic mass is 10.1. The Bertz CT molecular complexity index is 969. The van der Waals surface area contributed by atoms with Crippen molar-refractivity contribution in [1.82, 2.24) is 0 Å². The van der Waals surface area contributed by atoms with Crippen LogP contribution in [0, 0.1) is 0 Å². The van der Waals surface area contributed by atoms with Crippen molar-refractivity contribution in [3.8, 4) is 0 Å². The van der Waals surface area contributed by atoms with E-state index < -0.39 is 50.6 Å². The predicted octanol–water partition coefficient (Wildman–Crippen LogP) is 4.50. The Morgan fingerprint density at radius 3 is 1.78 bits per heavy atom. The normalized spacial score (nSPS) is 14.3. The van der Waals surface area contributed by atoms with Gasteiger partial charge in [-0.15, -0.1) is 0 Å². The van der Waals surface area contributed by atoms with E-state index in [1.54, 1.807) is 19.0 Å². The number of sulfone groups is 1. The highest BCUT2D eigenvalue weighted by atomic mass is 32.2. The molecule has 0 fully saturated rings. The predicted molar refractivity (Wildman–Crippen MR) is 95.2 cm³/mol. The zero-order valence-electron chi connectivity index (χ0n) is 16.5. The average Bonchev–Trinajstić information content (AvgIpc) is 2.65. The fraction of sp³-hybridized carbons (Fsp3) is 0.471. The van der Waals surface area contributed by atoms with E-state index in [2.05, 4.69) is 4.74 Å². The van der Waals surface area contributed by atoms with Crippen LogP contribution in [-0.2, 0) is 19.4 Å². The number of ether oxygens (including phenoxy) is 1. The maximum absolute atomic E-state index is 14.2. The Hall–Kier alpha value is -2.45.